The summed E-state index contributed by atoms with van der Waals surface area (Å²) >= 11 is 0. The summed E-state index contributed by atoms with van der Waals surface area (Å²) in [7, 11) is 1.51. The number of benzene rings is 1. The molecule has 0 aromatic heterocycles. The number of ether oxygens (including phenoxy) is 5. The van der Waals surface area contributed by atoms with Crippen molar-refractivity contribution in [1.29, 1.82) is 0 Å². The summed E-state index contributed by atoms with van der Waals surface area (Å²) in [5.74, 6) is -0.790. The molecule has 3 rings (SSSR count). The molecule has 2 aliphatic heterocycles. The van der Waals surface area contributed by atoms with E-state index in [-0.39, 0.29) is 13.0 Å². The highest BCUT2D eigenvalue weighted by atomic mass is 16.8. The SMILES string of the molecule is CO[C@@H]1O[C@H](C[C@@H](NC(=O)OCc2ccccc2)[C@@H](O)CO)[C@H]2OC(C)(C)O[C@@H]12. The number of alkyl carbamates (subject to hydrolysis) is 1. The molecule has 1 amide bonds. The van der Waals surface area contributed by atoms with Crippen LogP contribution in [0.1, 0.15) is 25.8 Å². The van der Waals surface area contributed by atoms with Gasteiger partial charge in [0.25, 0.3) is 0 Å². The lowest BCUT2D eigenvalue weighted by atomic mass is 9.99. The van der Waals surface area contributed by atoms with Crippen molar-refractivity contribution in [3.05, 3.63) is 35.9 Å². The van der Waals surface area contributed by atoms with Crippen LogP contribution in [-0.2, 0) is 30.3 Å². The number of nitrogens with one attached hydrogen (secondary N) is 1. The summed E-state index contributed by atoms with van der Waals surface area (Å²) in [6, 6.07) is 8.43. The zero-order valence-corrected chi connectivity index (χ0v) is 16.8. The van der Waals surface area contributed by atoms with Gasteiger partial charge in [-0.25, -0.2) is 4.79 Å². The molecule has 3 N–H and O–H groups in total. The van der Waals surface area contributed by atoms with Crippen molar-refractivity contribution >= 4 is 6.09 Å². The molecule has 0 radical (unpaired) electrons. The van der Waals surface area contributed by atoms with Crippen molar-refractivity contribution in [2.45, 2.75) is 69.4 Å². The number of rotatable bonds is 8. The molecule has 9 nitrogen and oxygen atoms in total. The van der Waals surface area contributed by atoms with Gasteiger partial charge < -0.3 is 39.2 Å². The molecule has 0 saturated carbocycles. The van der Waals surface area contributed by atoms with Gasteiger partial charge in [-0.05, 0) is 25.8 Å². The van der Waals surface area contributed by atoms with Gasteiger partial charge in [0.05, 0.1) is 24.9 Å². The van der Waals surface area contributed by atoms with Crippen LogP contribution in [0.3, 0.4) is 0 Å². The van der Waals surface area contributed by atoms with Crippen LogP contribution in [0.2, 0.25) is 0 Å². The van der Waals surface area contributed by atoms with E-state index in [4.69, 9.17) is 23.7 Å². The lowest BCUT2D eigenvalue weighted by molar-refractivity contribution is -0.228. The highest BCUT2D eigenvalue weighted by molar-refractivity contribution is 5.67. The molecule has 1 aromatic rings. The van der Waals surface area contributed by atoms with E-state index in [1.54, 1.807) is 13.8 Å². The molecule has 2 saturated heterocycles. The van der Waals surface area contributed by atoms with E-state index < -0.39 is 55.2 Å². The van der Waals surface area contributed by atoms with Crippen molar-refractivity contribution in [2.24, 2.45) is 0 Å². The number of carbonyl (C=O) groups is 1. The van der Waals surface area contributed by atoms with E-state index in [0.29, 0.717) is 0 Å². The number of aliphatic hydroxyl groups is 2. The molecular formula is C20H29NO8. The summed E-state index contributed by atoms with van der Waals surface area (Å²) in [6.45, 7) is 3.17. The molecule has 2 aliphatic rings. The van der Waals surface area contributed by atoms with E-state index >= 15 is 0 Å². The van der Waals surface area contributed by atoms with Crippen LogP contribution in [0.5, 0.6) is 0 Å². The number of aliphatic hydroxyl groups excluding tert-OH is 2. The molecule has 162 valence electrons. The number of fused-ring (bicyclic) bond motifs is 1. The van der Waals surface area contributed by atoms with Gasteiger partial charge in [0.1, 0.15) is 18.8 Å². The summed E-state index contributed by atoms with van der Waals surface area (Å²) < 4.78 is 28.2. The molecule has 0 spiro atoms. The summed E-state index contributed by atoms with van der Waals surface area (Å²) in [5, 5.41) is 22.2. The minimum atomic E-state index is -1.20. The van der Waals surface area contributed by atoms with E-state index in [1.807, 2.05) is 30.3 Å². The van der Waals surface area contributed by atoms with Crippen LogP contribution >= 0.6 is 0 Å². The highest BCUT2D eigenvalue weighted by Gasteiger charge is 2.56. The average molecular weight is 411 g/mol. The Bertz CT molecular complexity index is 670. The molecular weight excluding hydrogens is 382 g/mol. The Morgan fingerprint density at radius 1 is 1.24 bits per heavy atom. The Morgan fingerprint density at radius 2 is 1.93 bits per heavy atom. The van der Waals surface area contributed by atoms with E-state index in [0.717, 1.165) is 5.56 Å². The third kappa shape index (κ3) is 5.44. The van der Waals surface area contributed by atoms with Gasteiger partial charge in [0.15, 0.2) is 12.1 Å². The second-order valence-electron chi connectivity index (χ2n) is 7.64. The molecule has 2 heterocycles. The quantitative estimate of drug-likeness (QED) is 0.578. The van der Waals surface area contributed by atoms with Crippen LogP contribution in [0.4, 0.5) is 4.79 Å². The van der Waals surface area contributed by atoms with Crippen LogP contribution in [0.25, 0.3) is 0 Å². The first-order chi connectivity index (χ1) is 13.8. The molecule has 0 bridgehead atoms. The Morgan fingerprint density at radius 3 is 2.59 bits per heavy atom. The van der Waals surface area contributed by atoms with Gasteiger partial charge in [0, 0.05) is 7.11 Å². The van der Waals surface area contributed by atoms with Gasteiger partial charge in [-0.15, -0.1) is 0 Å². The second-order valence-corrected chi connectivity index (χ2v) is 7.64. The molecule has 6 atom stereocenters. The lowest BCUT2D eigenvalue weighted by Crippen LogP contribution is -2.48. The fraction of sp³-hybridized carbons (Fsp3) is 0.650. The predicted molar refractivity (Wildman–Crippen MR) is 101 cm³/mol. The van der Waals surface area contributed by atoms with E-state index in [2.05, 4.69) is 5.32 Å². The van der Waals surface area contributed by atoms with Crippen LogP contribution in [-0.4, -0.2) is 72.6 Å². The molecule has 0 aliphatic carbocycles. The zero-order chi connectivity index (χ0) is 21.0. The number of carbonyl (C=O) groups excluding carboxylic acids is 1. The maximum absolute atomic E-state index is 12.2. The fourth-order valence-electron chi connectivity index (χ4n) is 3.63. The highest BCUT2D eigenvalue weighted by Crippen LogP contribution is 2.40. The monoisotopic (exact) mass is 411 g/mol. The minimum absolute atomic E-state index is 0.0934. The van der Waals surface area contributed by atoms with Crippen molar-refractivity contribution in [2.75, 3.05) is 13.7 Å². The Kier molecular flexibility index (Phi) is 7.10. The van der Waals surface area contributed by atoms with Crippen LogP contribution in [0, 0.1) is 0 Å². The number of hydrogen-bond acceptors (Lipinski definition) is 8. The van der Waals surface area contributed by atoms with Gasteiger partial charge >= 0.3 is 6.09 Å². The van der Waals surface area contributed by atoms with Gasteiger partial charge in [-0.2, -0.15) is 0 Å². The molecule has 9 heteroatoms. The van der Waals surface area contributed by atoms with Gasteiger partial charge in [-0.3, -0.25) is 0 Å². The summed E-state index contributed by atoms with van der Waals surface area (Å²) in [5.41, 5.74) is 0.838. The average Bonchev–Trinajstić information content (AvgIpc) is 3.19. The molecule has 2 fully saturated rings. The van der Waals surface area contributed by atoms with Gasteiger partial charge in [0.2, 0.25) is 0 Å². The Hall–Kier alpha value is -1.75. The number of amides is 1. The smallest absolute Gasteiger partial charge is 0.407 e. The number of methoxy groups -OCH3 is 1. The topological polar surface area (TPSA) is 116 Å². The van der Waals surface area contributed by atoms with E-state index in [9.17, 15) is 15.0 Å². The standard InChI is InChI=1S/C20H29NO8/c1-20(2)28-16-15(27-18(25-3)17(16)29-20)9-13(14(23)10-22)21-19(24)26-11-12-7-5-4-6-8-12/h4-8,13-18,22-23H,9-11H2,1-3H3,(H,21,24)/t13-,14+,15-,16-,17-,18-/m1/s1. The molecule has 0 unspecified atom stereocenters. The summed E-state index contributed by atoms with van der Waals surface area (Å²) in [6.07, 6.45) is -3.69. The largest absolute Gasteiger partial charge is 0.445 e. The first kappa shape index (κ1) is 21.9. The Labute approximate surface area is 169 Å². The third-order valence-corrected chi connectivity index (χ3v) is 4.99. The molecule has 29 heavy (non-hydrogen) atoms. The predicted octanol–water partition coefficient (Wildman–Crippen LogP) is 0.916. The van der Waals surface area contributed by atoms with Crippen LogP contribution in [0.15, 0.2) is 30.3 Å². The van der Waals surface area contributed by atoms with Crippen molar-refractivity contribution in [3.8, 4) is 0 Å². The Balaban J connectivity index is 1.61. The first-order valence-electron chi connectivity index (χ1n) is 9.63. The first-order valence-corrected chi connectivity index (χ1v) is 9.63. The van der Waals surface area contributed by atoms with Crippen molar-refractivity contribution in [1.82, 2.24) is 5.32 Å². The zero-order valence-electron chi connectivity index (χ0n) is 16.8. The third-order valence-electron chi connectivity index (χ3n) is 4.99. The second kappa shape index (κ2) is 9.38. The summed E-state index contributed by atoms with van der Waals surface area (Å²) in [4.78, 5) is 12.2. The minimum Gasteiger partial charge on any atom is -0.445 e. The molecule has 1 aromatic carbocycles. The van der Waals surface area contributed by atoms with E-state index in [1.165, 1.54) is 7.11 Å². The fourth-order valence-corrected chi connectivity index (χ4v) is 3.63. The number of hydrogen-bond donors (Lipinski definition) is 3. The maximum atomic E-state index is 12.2. The lowest BCUT2D eigenvalue weighted by Gasteiger charge is -2.28. The van der Waals surface area contributed by atoms with Crippen molar-refractivity contribution in [3.63, 3.8) is 0 Å². The maximum Gasteiger partial charge on any atom is 0.407 e. The van der Waals surface area contributed by atoms with Gasteiger partial charge in [-0.1, -0.05) is 30.3 Å². The van der Waals surface area contributed by atoms with Crippen LogP contribution < -0.4 is 5.32 Å². The van der Waals surface area contributed by atoms with Crippen molar-refractivity contribution < 1.29 is 38.7 Å². The normalized spacial score (nSPS) is 29.8.